The zero-order valence-corrected chi connectivity index (χ0v) is 27.9. The topological polar surface area (TPSA) is 25.8 Å². The van der Waals surface area contributed by atoms with Crippen LogP contribution in [0.4, 0.5) is 0 Å². The van der Waals surface area contributed by atoms with Crippen LogP contribution in [0.15, 0.2) is 194 Å². The van der Waals surface area contributed by atoms with Crippen LogP contribution in [-0.2, 0) is 0 Å². The number of allylic oxidation sites excluding steroid dienone is 2. The summed E-state index contributed by atoms with van der Waals surface area (Å²) in [6.07, 6.45) is 3.97. The molecule has 0 aliphatic carbocycles. The Morgan fingerprint density at radius 1 is 0.327 bits per heavy atom. The number of fused-ring (bicyclic) bond motifs is 2. The predicted molar refractivity (Wildman–Crippen MR) is 208 cm³/mol. The highest BCUT2D eigenvalue weighted by Crippen LogP contribution is 2.56. The summed E-state index contributed by atoms with van der Waals surface area (Å²) in [6.45, 7) is 0. The lowest BCUT2D eigenvalue weighted by atomic mass is 9.89. The molecule has 0 saturated heterocycles. The smallest absolute Gasteiger partial charge is 0.185 e. The zero-order valence-electron chi connectivity index (χ0n) is 26.9. The highest BCUT2D eigenvalue weighted by Gasteiger charge is 2.54. The second kappa shape index (κ2) is 12.1. The van der Waals surface area contributed by atoms with Crippen LogP contribution in [0.1, 0.15) is 22.5 Å². The maximum atomic E-state index is 5.36. The van der Waals surface area contributed by atoms with Gasteiger partial charge in [0.05, 0.1) is 11.4 Å². The van der Waals surface area contributed by atoms with Crippen LogP contribution in [0.5, 0.6) is 0 Å². The number of rotatable bonds is 6. The third-order valence-electron chi connectivity index (χ3n) is 9.86. The summed E-state index contributed by atoms with van der Waals surface area (Å²) in [5.74, 6) is 0. The van der Waals surface area contributed by atoms with E-state index in [0.717, 1.165) is 22.2 Å². The first-order valence-electron chi connectivity index (χ1n) is 16.8. The second-order valence-corrected chi connectivity index (χ2v) is 16.1. The van der Waals surface area contributed by atoms with Crippen molar-refractivity contribution >= 4 is 61.5 Å². The van der Waals surface area contributed by atoms with Crippen LogP contribution < -0.4 is 10.4 Å². The Bertz CT molecular complexity index is 2330. The van der Waals surface area contributed by atoms with Crippen LogP contribution in [0.3, 0.4) is 0 Å². The quantitative estimate of drug-likeness (QED) is 0.169. The molecular formula is C46H32N2Si. The molecule has 8 aromatic rings. The van der Waals surface area contributed by atoms with Gasteiger partial charge in [0, 0.05) is 23.2 Å². The van der Waals surface area contributed by atoms with E-state index in [9.17, 15) is 0 Å². The van der Waals surface area contributed by atoms with Gasteiger partial charge in [0.2, 0.25) is 0 Å². The van der Waals surface area contributed by atoms with Gasteiger partial charge < -0.3 is 0 Å². The van der Waals surface area contributed by atoms with E-state index in [-0.39, 0.29) is 0 Å². The van der Waals surface area contributed by atoms with Crippen molar-refractivity contribution in [3.05, 3.63) is 217 Å². The minimum absolute atomic E-state index is 1.03. The fourth-order valence-corrected chi connectivity index (χ4v) is 13.4. The van der Waals surface area contributed by atoms with Crippen LogP contribution in [0.2, 0.25) is 0 Å². The lowest BCUT2D eigenvalue weighted by Gasteiger charge is -2.35. The Morgan fingerprint density at radius 3 is 1.08 bits per heavy atom. The van der Waals surface area contributed by atoms with Gasteiger partial charge in [-0.25, -0.2) is 0 Å². The monoisotopic (exact) mass is 640 g/mol. The highest BCUT2D eigenvalue weighted by molar-refractivity contribution is 7.29. The number of hydrogen-bond acceptors (Lipinski definition) is 2. The second-order valence-electron chi connectivity index (χ2n) is 12.5. The molecule has 1 aliphatic heterocycles. The third kappa shape index (κ3) is 4.62. The number of pyridine rings is 2. The molecule has 230 valence electrons. The molecule has 0 N–H and O–H groups in total. The molecule has 3 heteroatoms. The van der Waals surface area contributed by atoms with Crippen LogP contribution >= 0.6 is 0 Å². The normalized spacial score (nSPS) is 14.1. The van der Waals surface area contributed by atoms with Gasteiger partial charge in [0.15, 0.2) is 8.07 Å². The van der Waals surface area contributed by atoms with E-state index in [1.807, 2.05) is 12.4 Å². The number of nitrogens with zero attached hydrogens (tertiary/aromatic N) is 2. The molecule has 0 amide bonds. The van der Waals surface area contributed by atoms with Crippen LogP contribution in [-0.4, -0.2) is 18.0 Å². The molecule has 0 unspecified atom stereocenters. The average molecular weight is 641 g/mol. The zero-order chi connectivity index (χ0) is 32.6. The first-order chi connectivity index (χ1) is 24.4. The van der Waals surface area contributed by atoms with Crippen LogP contribution in [0.25, 0.3) is 43.1 Å². The number of aromatic nitrogens is 2. The minimum Gasteiger partial charge on any atom is -0.256 e. The van der Waals surface area contributed by atoms with Gasteiger partial charge in [0.1, 0.15) is 0 Å². The molecule has 0 fully saturated rings. The first-order valence-corrected chi connectivity index (χ1v) is 18.8. The Morgan fingerprint density at radius 2 is 0.673 bits per heavy atom. The van der Waals surface area contributed by atoms with Gasteiger partial charge in [-0.2, -0.15) is 0 Å². The fraction of sp³-hybridized carbons (Fsp3) is 0. The molecule has 2 nitrogen and oxygen atoms in total. The highest BCUT2D eigenvalue weighted by atomic mass is 28.3. The average Bonchev–Trinajstić information content (AvgIpc) is 3.51. The lowest BCUT2D eigenvalue weighted by molar-refractivity contribution is 1.32. The van der Waals surface area contributed by atoms with Crippen molar-refractivity contribution < 1.29 is 0 Å². The fourth-order valence-electron chi connectivity index (χ4n) is 7.89. The van der Waals surface area contributed by atoms with E-state index < -0.39 is 8.07 Å². The Kier molecular flexibility index (Phi) is 7.18. The van der Waals surface area contributed by atoms with E-state index in [0.29, 0.717) is 0 Å². The molecule has 3 heterocycles. The van der Waals surface area contributed by atoms with Crippen molar-refractivity contribution in [2.45, 2.75) is 0 Å². The van der Waals surface area contributed by atoms with E-state index in [2.05, 4.69) is 182 Å². The summed E-state index contributed by atoms with van der Waals surface area (Å²) in [5.41, 5.74) is 6.84. The molecule has 0 spiro atoms. The molecule has 1 aliphatic rings. The molecule has 6 aromatic carbocycles. The Hall–Kier alpha value is -6.16. The molecule has 0 saturated carbocycles. The van der Waals surface area contributed by atoms with Gasteiger partial charge in [0.25, 0.3) is 0 Å². The van der Waals surface area contributed by atoms with Crippen molar-refractivity contribution in [3.8, 4) is 0 Å². The molecular weight excluding hydrogens is 609 g/mol. The van der Waals surface area contributed by atoms with Gasteiger partial charge in [-0.3, -0.25) is 9.97 Å². The van der Waals surface area contributed by atoms with E-state index in [1.54, 1.807) is 0 Å². The molecule has 49 heavy (non-hydrogen) atoms. The molecule has 0 bridgehead atoms. The van der Waals surface area contributed by atoms with Crippen molar-refractivity contribution in [2.75, 3.05) is 0 Å². The van der Waals surface area contributed by atoms with Gasteiger partial charge in [-0.15, -0.1) is 0 Å². The summed E-state index contributed by atoms with van der Waals surface area (Å²) >= 11 is 0. The molecule has 0 atom stereocenters. The maximum absolute atomic E-state index is 5.36. The maximum Gasteiger partial charge on any atom is 0.185 e. The van der Waals surface area contributed by atoms with Crippen LogP contribution in [0, 0.1) is 0 Å². The van der Waals surface area contributed by atoms with Gasteiger partial charge in [-0.05, 0) is 65.9 Å². The van der Waals surface area contributed by atoms with E-state index >= 15 is 0 Å². The molecule has 2 aromatic heterocycles. The summed E-state index contributed by atoms with van der Waals surface area (Å²) in [4.78, 5) is 10.7. The Labute approximate surface area is 287 Å². The third-order valence-corrected chi connectivity index (χ3v) is 14.7. The largest absolute Gasteiger partial charge is 0.256 e. The summed E-state index contributed by atoms with van der Waals surface area (Å²) in [6, 6.07) is 65.9. The summed E-state index contributed by atoms with van der Waals surface area (Å²) < 4.78 is 0. The van der Waals surface area contributed by atoms with Crippen molar-refractivity contribution in [3.63, 3.8) is 0 Å². The SMILES string of the molecule is c1ccc(C2=C(c3nccc4ccccc34)[Si](c3ccccc3)(c3ccccc3)C(c3nccc4ccccc34)=C2c2ccccc2)cc1. The van der Waals surface area contributed by atoms with E-state index in [4.69, 9.17) is 9.97 Å². The van der Waals surface area contributed by atoms with Gasteiger partial charge >= 0.3 is 0 Å². The van der Waals surface area contributed by atoms with Crippen molar-refractivity contribution in [2.24, 2.45) is 0 Å². The standard InChI is InChI=1S/C46H32N2Si/c1-5-19-35(20-6-1)41-42(36-21-7-2-8-22-36)46(44-40-28-16-14-18-34(40)30-32-48-44)49(37-23-9-3-10-24-37,38-25-11-4-12-26-38)45(41)43-39-27-15-13-17-33(39)29-31-47-43/h1-32H. The summed E-state index contributed by atoms with van der Waals surface area (Å²) in [5, 5.41) is 9.83. The molecule has 0 radical (unpaired) electrons. The Balaban J connectivity index is 1.60. The number of hydrogen-bond donors (Lipinski definition) is 0. The first kappa shape index (κ1) is 29.0. The predicted octanol–water partition coefficient (Wildman–Crippen LogP) is 9.66. The molecule has 9 rings (SSSR count). The minimum atomic E-state index is -3.22. The van der Waals surface area contributed by atoms with E-state index in [1.165, 1.54) is 53.8 Å². The number of benzene rings is 6. The van der Waals surface area contributed by atoms with Gasteiger partial charge in [-0.1, -0.05) is 170 Å². The lowest BCUT2D eigenvalue weighted by Crippen LogP contribution is -2.60. The van der Waals surface area contributed by atoms with Crippen molar-refractivity contribution in [1.29, 1.82) is 0 Å². The summed E-state index contributed by atoms with van der Waals surface area (Å²) in [7, 11) is -3.22. The van der Waals surface area contributed by atoms with Crippen molar-refractivity contribution in [1.82, 2.24) is 9.97 Å².